The van der Waals surface area contributed by atoms with E-state index < -0.39 is 18.0 Å². The SMILES string of the molecule is CC(C)[C@H](NC(=O)NCCC(=O)NC(C)(C)C)C(=O)O. The molecule has 0 aromatic carbocycles. The zero-order valence-corrected chi connectivity index (χ0v) is 12.7. The molecule has 0 fully saturated rings. The molecule has 0 aliphatic carbocycles. The van der Waals surface area contributed by atoms with E-state index in [2.05, 4.69) is 16.0 Å². The van der Waals surface area contributed by atoms with Gasteiger partial charge in [0.2, 0.25) is 5.91 Å². The van der Waals surface area contributed by atoms with Crippen LogP contribution in [0.3, 0.4) is 0 Å². The largest absolute Gasteiger partial charge is 0.480 e. The van der Waals surface area contributed by atoms with Crippen LogP contribution in [0, 0.1) is 5.92 Å². The Labute approximate surface area is 119 Å². The Balaban J connectivity index is 4.06. The smallest absolute Gasteiger partial charge is 0.326 e. The summed E-state index contributed by atoms with van der Waals surface area (Å²) in [7, 11) is 0. The monoisotopic (exact) mass is 287 g/mol. The number of amides is 3. The van der Waals surface area contributed by atoms with Gasteiger partial charge in [-0.05, 0) is 26.7 Å². The van der Waals surface area contributed by atoms with Crippen molar-refractivity contribution in [3.63, 3.8) is 0 Å². The van der Waals surface area contributed by atoms with Crippen LogP contribution in [-0.2, 0) is 9.59 Å². The lowest BCUT2D eigenvalue weighted by Gasteiger charge is -2.21. The van der Waals surface area contributed by atoms with Crippen LogP contribution in [0.15, 0.2) is 0 Å². The van der Waals surface area contributed by atoms with Crippen molar-refractivity contribution in [1.29, 1.82) is 0 Å². The van der Waals surface area contributed by atoms with E-state index in [0.717, 1.165) is 0 Å². The summed E-state index contributed by atoms with van der Waals surface area (Å²) in [6.45, 7) is 9.16. The summed E-state index contributed by atoms with van der Waals surface area (Å²) in [5.74, 6) is -1.47. The summed E-state index contributed by atoms with van der Waals surface area (Å²) < 4.78 is 0. The van der Waals surface area contributed by atoms with E-state index in [9.17, 15) is 14.4 Å². The van der Waals surface area contributed by atoms with Crippen LogP contribution in [-0.4, -0.2) is 41.1 Å². The number of carbonyl (C=O) groups is 3. The quantitative estimate of drug-likeness (QED) is 0.576. The molecule has 20 heavy (non-hydrogen) atoms. The number of carboxylic acid groups (broad SMARTS) is 1. The third-order valence-electron chi connectivity index (χ3n) is 2.37. The van der Waals surface area contributed by atoms with Gasteiger partial charge in [-0.3, -0.25) is 4.79 Å². The minimum Gasteiger partial charge on any atom is -0.480 e. The molecule has 0 spiro atoms. The van der Waals surface area contributed by atoms with Crippen molar-refractivity contribution in [2.45, 2.75) is 52.6 Å². The molecule has 0 bridgehead atoms. The Morgan fingerprint density at radius 2 is 1.70 bits per heavy atom. The highest BCUT2D eigenvalue weighted by atomic mass is 16.4. The Kier molecular flexibility index (Phi) is 7.02. The van der Waals surface area contributed by atoms with Gasteiger partial charge >= 0.3 is 12.0 Å². The number of hydrogen-bond acceptors (Lipinski definition) is 3. The van der Waals surface area contributed by atoms with Gasteiger partial charge in [0.25, 0.3) is 0 Å². The molecule has 0 aromatic rings. The zero-order chi connectivity index (χ0) is 15.9. The second-order valence-electron chi connectivity index (χ2n) is 6.01. The first kappa shape index (κ1) is 18.2. The third kappa shape index (κ3) is 8.34. The van der Waals surface area contributed by atoms with Gasteiger partial charge in [-0.15, -0.1) is 0 Å². The maximum atomic E-state index is 11.5. The number of hydrogen-bond donors (Lipinski definition) is 4. The highest BCUT2D eigenvalue weighted by Gasteiger charge is 2.23. The fourth-order valence-electron chi connectivity index (χ4n) is 1.48. The molecular formula is C13H25N3O4. The maximum Gasteiger partial charge on any atom is 0.326 e. The zero-order valence-electron chi connectivity index (χ0n) is 12.7. The normalized spacial score (nSPS) is 12.7. The molecule has 0 radical (unpaired) electrons. The predicted octanol–water partition coefficient (Wildman–Crippen LogP) is 0.700. The van der Waals surface area contributed by atoms with Crippen LogP contribution in [0.5, 0.6) is 0 Å². The minimum absolute atomic E-state index is 0.143. The highest BCUT2D eigenvalue weighted by molar-refractivity contribution is 5.83. The first-order valence-corrected chi connectivity index (χ1v) is 6.61. The number of carbonyl (C=O) groups excluding carboxylic acids is 2. The fraction of sp³-hybridized carbons (Fsp3) is 0.769. The van der Waals surface area contributed by atoms with E-state index in [0.29, 0.717) is 0 Å². The lowest BCUT2D eigenvalue weighted by Crippen LogP contribution is -2.49. The van der Waals surface area contributed by atoms with E-state index in [4.69, 9.17) is 5.11 Å². The van der Waals surface area contributed by atoms with Gasteiger partial charge in [0, 0.05) is 18.5 Å². The van der Waals surface area contributed by atoms with Crippen molar-refractivity contribution in [2.75, 3.05) is 6.54 Å². The number of carboxylic acids is 1. The first-order valence-electron chi connectivity index (χ1n) is 6.61. The molecule has 7 nitrogen and oxygen atoms in total. The molecule has 0 heterocycles. The molecule has 0 aliphatic heterocycles. The average molecular weight is 287 g/mol. The molecule has 3 amide bonds. The van der Waals surface area contributed by atoms with E-state index >= 15 is 0 Å². The molecule has 0 unspecified atom stereocenters. The van der Waals surface area contributed by atoms with E-state index in [1.165, 1.54) is 0 Å². The summed E-state index contributed by atoms with van der Waals surface area (Å²) in [5, 5.41) is 16.5. The lowest BCUT2D eigenvalue weighted by molar-refractivity contribution is -0.140. The average Bonchev–Trinajstić information content (AvgIpc) is 2.22. The molecule has 0 aromatic heterocycles. The number of urea groups is 1. The summed E-state index contributed by atoms with van der Waals surface area (Å²) in [6, 6.07) is -1.53. The molecule has 1 atom stereocenters. The topological polar surface area (TPSA) is 108 Å². The third-order valence-corrected chi connectivity index (χ3v) is 2.37. The van der Waals surface area contributed by atoms with Gasteiger partial charge in [0.1, 0.15) is 6.04 Å². The summed E-state index contributed by atoms with van der Waals surface area (Å²) in [4.78, 5) is 33.9. The van der Waals surface area contributed by atoms with Crippen molar-refractivity contribution in [3.05, 3.63) is 0 Å². The molecule has 0 aliphatic rings. The van der Waals surface area contributed by atoms with Crippen LogP contribution in [0.4, 0.5) is 4.79 Å². The number of nitrogens with one attached hydrogen (secondary N) is 3. The first-order chi connectivity index (χ1) is 9.03. The fourth-order valence-corrected chi connectivity index (χ4v) is 1.48. The standard InChI is InChI=1S/C13H25N3O4/c1-8(2)10(11(18)19)15-12(20)14-7-6-9(17)16-13(3,4)5/h8,10H,6-7H2,1-5H3,(H,16,17)(H,18,19)(H2,14,15,20)/t10-/m0/s1. The van der Waals surface area contributed by atoms with Crippen molar-refractivity contribution in [3.8, 4) is 0 Å². The summed E-state index contributed by atoms with van der Waals surface area (Å²) in [5.41, 5.74) is -0.314. The van der Waals surface area contributed by atoms with Crippen molar-refractivity contribution in [1.82, 2.24) is 16.0 Å². The Bertz CT molecular complexity index is 361. The Hall–Kier alpha value is -1.79. The molecule has 0 rings (SSSR count). The van der Waals surface area contributed by atoms with Gasteiger partial charge in [-0.2, -0.15) is 0 Å². The van der Waals surface area contributed by atoms with Crippen molar-refractivity contribution >= 4 is 17.9 Å². The molecule has 116 valence electrons. The second kappa shape index (κ2) is 7.72. The highest BCUT2D eigenvalue weighted by Crippen LogP contribution is 2.01. The number of aliphatic carboxylic acids is 1. The Morgan fingerprint density at radius 1 is 1.15 bits per heavy atom. The van der Waals surface area contributed by atoms with Gasteiger partial charge in [0.05, 0.1) is 0 Å². The summed E-state index contributed by atoms with van der Waals surface area (Å²) in [6.07, 6.45) is 0.143. The molecule has 0 saturated heterocycles. The van der Waals surface area contributed by atoms with Crippen LogP contribution in [0.1, 0.15) is 41.0 Å². The van der Waals surface area contributed by atoms with E-state index in [1.807, 2.05) is 20.8 Å². The molecule has 7 heteroatoms. The second-order valence-corrected chi connectivity index (χ2v) is 6.01. The molecular weight excluding hydrogens is 262 g/mol. The molecule has 4 N–H and O–H groups in total. The minimum atomic E-state index is -1.08. The van der Waals surface area contributed by atoms with Crippen LogP contribution >= 0.6 is 0 Å². The van der Waals surface area contributed by atoms with E-state index in [-0.39, 0.29) is 30.3 Å². The van der Waals surface area contributed by atoms with Crippen LogP contribution in [0.25, 0.3) is 0 Å². The predicted molar refractivity (Wildman–Crippen MR) is 75.3 cm³/mol. The van der Waals surface area contributed by atoms with Crippen molar-refractivity contribution in [2.24, 2.45) is 5.92 Å². The van der Waals surface area contributed by atoms with Gasteiger partial charge in [0.15, 0.2) is 0 Å². The van der Waals surface area contributed by atoms with Gasteiger partial charge < -0.3 is 21.1 Å². The summed E-state index contributed by atoms with van der Waals surface area (Å²) >= 11 is 0. The Morgan fingerprint density at radius 3 is 2.10 bits per heavy atom. The van der Waals surface area contributed by atoms with Gasteiger partial charge in [-0.1, -0.05) is 13.8 Å². The van der Waals surface area contributed by atoms with Crippen molar-refractivity contribution < 1.29 is 19.5 Å². The van der Waals surface area contributed by atoms with Crippen LogP contribution in [0.2, 0.25) is 0 Å². The number of rotatable bonds is 6. The maximum absolute atomic E-state index is 11.5. The van der Waals surface area contributed by atoms with Crippen LogP contribution < -0.4 is 16.0 Å². The van der Waals surface area contributed by atoms with E-state index in [1.54, 1.807) is 13.8 Å². The van der Waals surface area contributed by atoms with Gasteiger partial charge in [-0.25, -0.2) is 9.59 Å². The molecule has 0 saturated carbocycles. The lowest BCUT2D eigenvalue weighted by atomic mass is 10.1.